The molecule has 1 aliphatic carbocycles. The van der Waals surface area contributed by atoms with Crippen LogP contribution >= 0.6 is 0 Å². The van der Waals surface area contributed by atoms with Gasteiger partial charge < -0.3 is 4.90 Å². The fourth-order valence-electron chi connectivity index (χ4n) is 3.63. The molecule has 4 atom stereocenters. The number of hydrogen-bond donors (Lipinski definition) is 1. The summed E-state index contributed by atoms with van der Waals surface area (Å²) < 4.78 is 0. The molecular formula is C16H30N2O. The van der Waals surface area contributed by atoms with Gasteiger partial charge in [0, 0.05) is 6.04 Å². The van der Waals surface area contributed by atoms with Crippen LogP contribution in [0.3, 0.4) is 0 Å². The Hall–Kier alpha value is -0.570. The zero-order chi connectivity index (χ0) is 14.0. The fraction of sp³-hybridized carbons (Fsp3) is 0.938. The van der Waals surface area contributed by atoms with Crippen molar-refractivity contribution in [3.05, 3.63) is 0 Å². The third kappa shape index (κ3) is 3.50. The number of carbonyl (C=O) groups is 1. The zero-order valence-electron chi connectivity index (χ0n) is 13.0. The maximum Gasteiger partial charge on any atom is 0.240 e. The minimum Gasteiger partial charge on any atom is -0.323 e. The van der Waals surface area contributed by atoms with Crippen molar-refractivity contribution in [3.8, 4) is 0 Å². The van der Waals surface area contributed by atoms with Crippen LogP contribution in [0.1, 0.15) is 66.2 Å². The SMILES string of the molecule is CC(C)CC1NC(C)C(=O)N1C1CCCC(C)CC1. The molecule has 110 valence electrons. The largest absolute Gasteiger partial charge is 0.323 e. The molecular weight excluding hydrogens is 236 g/mol. The van der Waals surface area contributed by atoms with Crippen LogP contribution in [0.2, 0.25) is 0 Å². The molecule has 0 spiro atoms. The number of nitrogens with one attached hydrogen (secondary N) is 1. The second-order valence-electron chi connectivity index (χ2n) is 7.05. The first-order valence-corrected chi connectivity index (χ1v) is 8.07. The Kier molecular flexibility index (Phi) is 4.88. The van der Waals surface area contributed by atoms with Crippen molar-refractivity contribution in [2.45, 2.75) is 84.5 Å². The summed E-state index contributed by atoms with van der Waals surface area (Å²) in [5, 5.41) is 3.49. The van der Waals surface area contributed by atoms with Gasteiger partial charge in [-0.05, 0) is 44.4 Å². The van der Waals surface area contributed by atoms with Gasteiger partial charge in [-0.25, -0.2) is 0 Å². The Bertz CT molecular complexity index is 316. The summed E-state index contributed by atoms with van der Waals surface area (Å²) in [6.45, 7) is 8.83. The van der Waals surface area contributed by atoms with Crippen molar-refractivity contribution >= 4 is 5.91 Å². The van der Waals surface area contributed by atoms with E-state index in [9.17, 15) is 4.79 Å². The molecule has 1 heterocycles. The number of nitrogens with zero attached hydrogens (tertiary/aromatic N) is 1. The summed E-state index contributed by atoms with van der Waals surface area (Å²) in [5.41, 5.74) is 0. The number of carbonyl (C=O) groups excluding carboxylic acids is 1. The Labute approximate surface area is 118 Å². The quantitative estimate of drug-likeness (QED) is 0.796. The molecule has 0 bridgehead atoms. The molecule has 1 saturated carbocycles. The van der Waals surface area contributed by atoms with Gasteiger partial charge in [-0.2, -0.15) is 0 Å². The van der Waals surface area contributed by atoms with Gasteiger partial charge in [0.15, 0.2) is 0 Å². The van der Waals surface area contributed by atoms with E-state index >= 15 is 0 Å². The van der Waals surface area contributed by atoms with E-state index in [-0.39, 0.29) is 12.2 Å². The Morgan fingerprint density at radius 3 is 2.63 bits per heavy atom. The van der Waals surface area contributed by atoms with E-state index in [0.29, 0.717) is 17.9 Å². The maximum atomic E-state index is 12.5. The summed E-state index contributed by atoms with van der Waals surface area (Å²) in [5.74, 6) is 1.78. The van der Waals surface area contributed by atoms with E-state index in [1.807, 2.05) is 6.92 Å². The lowest BCUT2D eigenvalue weighted by Gasteiger charge is -2.33. The first kappa shape index (κ1) is 14.8. The molecule has 3 heteroatoms. The van der Waals surface area contributed by atoms with Gasteiger partial charge in [0.2, 0.25) is 5.91 Å². The third-order valence-corrected chi connectivity index (χ3v) is 4.72. The Morgan fingerprint density at radius 1 is 1.21 bits per heavy atom. The van der Waals surface area contributed by atoms with Gasteiger partial charge in [0.05, 0.1) is 12.2 Å². The lowest BCUT2D eigenvalue weighted by Crippen LogP contribution is -2.45. The summed E-state index contributed by atoms with van der Waals surface area (Å²) in [6.07, 6.45) is 7.60. The summed E-state index contributed by atoms with van der Waals surface area (Å²) in [6, 6.07) is 0.475. The van der Waals surface area contributed by atoms with Crippen LogP contribution in [0.4, 0.5) is 0 Å². The van der Waals surface area contributed by atoms with Crippen LogP contribution in [-0.2, 0) is 4.79 Å². The van der Waals surface area contributed by atoms with Gasteiger partial charge in [-0.1, -0.05) is 33.6 Å². The smallest absolute Gasteiger partial charge is 0.240 e. The van der Waals surface area contributed by atoms with Crippen molar-refractivity contribution in [3.63, 3.8) is 0 Å². The van der Waals surface area contributed by atoms with Gasteiger partial charge in [0.1, 0.15) is 0 Å². The van der Waals surface area contributed by atoms with E-state index in [1.165, 1.54) is 32.1 Å². The summed E-state index contributed by atoms with van der Waals surface area (Å²) >= 11 is 0. The highest BCUT2D eigenvalue weighted by molar-refractivity contribution is 5.84. The van der Waals surface area contributed by atoms with E-state index in [0.717, 1.165) is 12.3 Å². The van der Waals surface area contributed by atoms with E-state index < -0.39 is 0 Å². The predicted octanol–water partition coefficient (Wildman–Crippen LogP) is 3.15. The van der Waals surface area contributed by atoms with Crippen LogP contribution in [0.15, 0.2) is 0 Å². The lowest BCUT2D eigenvalue weighted by atomic mass is 10.0. The molecule has 4 unspecified atom stereocenters. The average molecular weight is 266 g/mol. The van der Waals surface area contributed by atoms with Crippen LogP contribution in [-0.4, -0.2) is 29.1 Å². The molecule has 1 saturated heterocycles. The highest BCUT2D eigenvalue weighted by Crippen LogP contribution is 2.30. The molecule has 0 radical (unpaired) electrons. The fourth-order valence-corrected chi connectivity index (χ4v) is 3.63. The summed E-state index contributed by atoms with van der Waals surface area (Å²) in [7, 11) is 0. The van der Waals surface area contributed by atoms with Crippen molar-refractivity contribution < 1.29 is 4.79 Å². The molecule has 2 fully saturated rings. The minimum absolute atomic E-state index is 0.00410. The monoisotopic (exact) mass is 266 g/mol. The molecule has 0 aromatic rings. The molecule has 1 aliphatic heterocycles. The van der Waals surface area contributed by atoms with Crippen molar-refractivity contribution in [2.24, 2.45) is 11.8 Å². The van der Waals surface area contributed by atoms with Crippen LogP contribution in [0.25, 0.3) is 0 Å². The van der Waals surface area contributed by atoms with E-state index in [1.54, 1.807) is 0 Å². The normalized spacial score (nSPS) is 36.9. The van der Waals surface area contributed by atoms with E-state index in [2.05, 4.69) is 31.0 Å². The average Bonchev–Trinajstić information content (AvgIpc) is 2.51. The summed E-state index contributed by atoms with van der Waals surface area (Å²) in [4.78, 5) is 14.7. The van der Waals surface area contributed by atoms with Crippen LogP contribution in [0, 0.1) is 11.8 Å². The van der Waals surface area contributed by atoms with Gasteiger partial charge >= 0.3 is 0 Å². The molecule has 19 heavy (non-hydrogen) atoms. The van der Waals surface area contributed by atoms with Crippen LogP contribution in [0.5, 0.6) is 0 Å². The second kappa shape index (κ2) is 6.25. The standard InChI is InChI=1S/C16H30N2O/c1-11(2)10-15-17-13(4)16(19)18(15)14-7-5-6-12(3)8-9-14/h11-15,17H,5-10H2,1-4H3. The number of hydrogen-bond acceptors (Lipinski definition) is 2. The second-order valence-corrected chi connectivity index (χ2v) is 7.05. The third-order valence-electron chi connectivity index (χ3n) is 4.72. The van der Waals surface area contributed by atoms with Gasteiger partial charge in [0.25, 0.3) is 0 Å². The molecule has 2 aliphatic rings. The number of amides is 1. The van der Waals surface area contributed by atoms with Gasteiger partial charge in [-0.15, -0.1) is 0 Å². The van der Waals surface area contributed by atoms with Crippen LogP contribution < -0.4 is 5.32 Å². The van der Waals surface area contributed by atoms with Crippen molar-refractivity contribution in [1.82, 2.24) is 10.2 Å². The van der Waals surface area contributed by atoms with Crippen molar-refractivity contribution in [1.29, 1.82) is 0 Å². The van der Waals surface area contributed by atoms with E-state index in [4.69, 9.17) is 0 Å². The van der Waals surface area contributed by atoms with Crippen molar-refractivity contribution in [2.75, 3.05) is 0 Å². The Morgan fingerprint density at radius 2 is 1.95 bits per heavy atom. The maximum absolute atomic E-state index is 12.5. The molecule has 0 aromatic heterocycles. The number of rotatable bonds is 3. The zero-order valence-corrected chi connectivity index (χ0v) is 13.0. The Balaban J connectivity index is 2.07. The highest BCUT2D eigenvalue weighted by atomic mass is 16.2. The first-order valence-electron chi connectivity index (χ1n) is 8.07. The molecule has 3 nitrogen and oxygen atoms in total. The highest BCUT2D eigenvalue weighted by Gasteiger charge is 2.40. The predicted molar refractivity (Wildman–Crippen MR) is 78.7 cm³/mol. The molecule has 1 N–H and O–H groups in total. The topological polar surface area (TPSA) is 32.3 Å². The van der Waals surface area contributed by atoms with Gasteiger partial charge in [-0.3, -0.25) is 10.1 Å². The lowest BCUT2D eigenvalue weighted by molar-refractivity contribution is -0.132. The molecule has 1 amide bonds. The molecule has 0 aromatic carbocycles. The first-order chi connectivity index (χ1) is 8.99. The molecule has 2 rings (SSSR count). The minimum atomic E-state index is 0.00410.